The Hall–Kier alpha value is -3.16. The lowest BCUT2D eigenvalue weighted by Crippen LogP contribution is -2.30. The van der Waals surface area contributed by atoms with Gasteiger partial charge in [0.05, 0.1) is 23.8 Å². The van der Waals surface area contributed by atoms with E-state index in [-0.39, 0.29) is 22.9 Å². The molecule has 8 heteroatoms. The molecule has 1 N–H and O–H groups in total. The molecule has 24 heavy (non-hydrogen) atoms. The summed E-state index contributed by atoms with van der Waals surface area (Å²) < 4.78 is 23.5. The van der Waals surface area contributed by atoms with E-state index in [0.29, 0.717) is 0 Å². The lowest BCUT2D eigenvalue weighted by molar-refractivity contribution is -0.384. The minimum Gasteiger partial charge on any atom is -0.494 e. The number of nitro benzene ring substituents is 1. The van der Waals surface area contributed by atoms with Crippen LogP contribution in [-0.4, -0.2) is 24.0 Å². The van der Waals surface area contributed by atoms with Gasteiger partial charge in [-0.3, -0.25) is 14.9 Å². The van der Waals surface area contributed by atoms with Gasteiger partial charge in [0.15, 0.2) is 6.10 Å². The molecule has 0 fully saturated rings. The number of methoxy groups -OCH3 is 1. The number of nitro groups is 1. The maximum Gasteiger partial charge on any atom is 0.273 e. The summed E-state index contributed by atoms with van der Waals surface area (Å²) >= 11 is 0. The van der Waals surface area contributed by atoms with Gasteiger partial charge in [-0.2, -0.15) is 0 Å². The van der Waals surface area contributed by atoms with Gasteiger partial charge >= 0.3 is 0 Å². The normalized spacial score (nSPS) is 11.5. The highest BCUT2D eigenvalue weighted by molar-refractivity contribution is 5.95. The fourth-order valence-electron chi connectivity index (χ4n) is 1.93. The second kappa shape index (κ2) is 7.40. The summed E-state index contributed by atoms with van der Waals surface area (Å²) in [6.07, 6.45) is -0.910. The number of carbonyl (C=O) groups excluding carboxylic acids is 1. The molecule has 0 bridgehead atoms. The van der Waals surface area contributed by atoms with Gasteiger partial charge in [-0.1, -0.05) is 6.07 Å². The summed E-state index contributed by atoms with van der Waals surface area (Å²) in [6, 6.07) is 9.23. The number of non-ortho nitro benzene ring substituents is 1. The van der Waals surface area contributed by atoms with Crippen molar-refractivity contribution in [3.63, 3.8) is 0 Å². The average molecular weight is 334 g/mol. The van der Waals surface area contributed by atoms with Crippen LogP contribution in [-0.2, 0) is 4.79 Å². The van der Waals surface area contributed by atoms with E-state index in [1.807, 2.05) is 0 Å². The van der Waals surface area contributed by atoms with E-state index in [1.165, 1.54) is 50.4 Å². The van der Waals surface area contributed by atoms with E-state index in [9.17, 15) is 19.3 Å². The van der Waals surface area contributed by atoms with E-state index < -0.39 is 22.8 Å². The third-order valence-corrected chi connectivity index (χ3v) is 3.13. The molecule has 0 unspecified atom stereocenters. The minimum absolute atomic E-state index is 0.149. The van der Waals surface area contributed by atoms with Gasteiger partial charge in [-0.25, -0.2) is 4.39 Å². The third-order valence-electron chi connectivity index (χ3n) is 3.13. The number of anilines is 1. The van der Waals surface area contributed by atoms with Crippen molar-refractivity contribution >= 4 is 17.3 Å². The summed E-state index contributed by atoms with van der Waals surface area (Å²) in [5.41, 5.74) is 0.108. The molecule has 7 nitrogen and oxygen atoms in total. The van der Waals surface area contributed by atoms with Crippen LogP contribution in [0.2, 0.25) is 0 Å². The zero-order chi connectivity index (χ0) is 17.7. The molecule has 0 spiro atoms. The van der Waals surface area contributed by atoms with Gasteiger partial charge in [0.25, 0.3) is 11.6 Å². The smallest absolute Gasteiger partial charge is 0.273 e. The number of benzene rings is 2. The first kappa shape index (κ1) is 17.2. The molecule has 0 aliphatic carbocycles. The number of hydrogen-bond donors (Lipinski definition) is 1. The van der Waals surface area contributed by atoms with Gasteiger partial charge in [0, 0.05) is 12.1 Å². The fourth-order valence-corrected chi connectivity index (χ4v) is 1.93. The fraction of sp³-hybridized carbons (Fsp3) is 0.188. The molecule has 0 radical (unpaired) electrons. The summed E-state index contributed by atoms with van der Waals surface area (Å²) in [5.74, 6) is -0.618. The highest BCUT2D eigenvalue weighted by Gasteiger charge is 2.18. The molecule has 2 aromatic carbocycles. The van der Waals surface area contributed by atoms with Gasteiger partial charge in [-0.05, 0) is 25.1 Å². The van der Waals surface area contributed by atoms with E-state index in [4.69, 9.17) is 9.47 Å². The van der Waals surface area contributed by atoms with Crippen LogP contribution in [0.1, 0.15) is 6.92 Å². The number of amides is 1. The highest BCUT2D eigenvalue weighted by atomic mass is 19.1. The molecule has 0 saturated carbocycles. The SMILES string of the molecule is COc1cc([N+](=O)[O-])ccc1NC(=O)[C@H](C)Oc1cccc(F)c1. The molecule has 0 heterocycles. The summed E-state index contributed by atoms with van der Waals surface area (Å²) in [7, 11) is 1.33. The van der Waals surface area contributed by atoms with Crippen LogP contribution in [0.25, 0.3) is 0 Å². The predicted molar refractivity (Wildman–Crippen MR) is 84.8 cm³/mol. The number of carbonyl (C=O) groups is 1. The Balaban J connectivity index is 2.09. The van der Waals surface area contributed by atoms with Crippen LogP contribution in [0.4, 0.5) is 15.8 Å². The number of hydrogen-bond acceptors (Lipinski definition) is 5. The van der Waals surface area contributed by atoms with Gasteiger partial charge < -0.3 is 14.8 Å². The molecular weight excluding hydrogens is 319 g/mol. The number of nitrogens with one attached hydrogen (secondary N) is 1. The molecular formula is C16H15FN2O5. The minimum atomic E-state index is -0.910. The lowest BCUT2D eigenvalue weighted by Gasteiger charge is -2.16. The van der Waals surface area contributed by atoms with Gasteiger partial charge in [0.1, 0.15) is 17.3 Å². The Morgan fingerprint density at radius 2 is 2.04 bits per heavy atom. The standard InChI is InChI=1S/C16H15FN2O5/c1-10(24-13-5-3-4-11(17)8-13)16(20)18-14-7-6-12(19(21)22)9-15(14)23-2/h3-10H,1-2H3,(H,18,20)/t10-/m0/s1. The van der Waals surface area contributed by atoms with Crippen molar-refractivity contribution in [2.75, 3.05) is 12.4 Å². The van der Waals surface area contributed by atoms with E-state index in [2.05, 4.69) is 5.32 Å². The van der Waals surface area contributed by atoms with Crippen LogP contribution in [0.15, 0.2) is 42.5 Å². The third kappa shape index (κ3) is 4.19. The van der Waals surface area contributed by atoms with Crippen LogP contribution < -0.4 is 14.8 Å². The van der Waals surface area contributed by atoms with E-state index in [1.54, 1.807) is 0 Å². The first-order valence-corrected chi connectivity index (χ1v) is 6.96. The maximum absolute atomic E-state index is 13.1. The summed E-state index contributed by atoms with van der Waals surface area (Å²) in [4.78, 5) is 22.4. The van der Waals surface area contributed by atoms with Crippen LogP contribution >= 0.6 is 0 Å². The Morgan fingerprint density at radius 1 is 1.29 bits per heavy atom. The molecule has 2 aromatic rings. The first-order valence-electron chi connectivity index (χ1n) is 6.96. The van der Waals surface area contributed by atoms with Crippen molar-refractivity contribution in [2.45, 2.75) is 13.0 Å². The predicted octanol–water partition coefficient (Wildman–Crippen LogP) is 3.15. The Kier molecular flexibility index (Phi) is 5.31. The van der Waals surface area contributed by atoms with Crippen molar-refractivity contribution in [3.05, 3.63) is 58.4 Å². The molecule has 0 saturated heterocycles. The number of rotatable bonds is 6. The van der Waals surface area contributed by atoms with Crippen LogP contribution in [0.5, 0.6) is 11.5 Å². The average Bonchev–Trinajstić information content (AvgIpc) is 2.54. The number of ether oxygens (including phenoxy) is 2. The van der Waals surface area contributed by atoms with Crippen molar-refractivity contribution in [3.8, 4) is 11.5 Å². The second-order valence-electron chi connectivity index (χ2n) is 4.85. The van der Waals surface area contributed by atoms with Crippen molar-refractivity contribution in [2.24, 2.45) is 0 Å². The zero-order valence-electron chi connectivity index (χ0n) is 13.0. The van der Waals surface area contributed by atoms with Crippen LogP contribution in [0.3, 0.4) is 0 Å². The first-order chi connectivity index (χ1) is 11.4. The zero-order valence-corrected chi connectivity index (χ0v) is 13.0. The Labute approximate surface area is 137 Å². The van der Waals surface area contributed by atoms with Gasteiger partial charge in [-0.15, -0.1) is 0 Å². The second-order valence-corrected chi connectivity index (χ2v) is 4.85. The molecule has 126 valence electrons. The van der Waals surface area contributed by atoms with Crippen molar-refractivity contribution in [1.29, 1.82) is 0 Å². The molecule has 2 rings (SSSR count). The monoisotopic (exact) mass is 334 g/mol. The van der Waals surface area contributed by atoms with Gasteiger partial charge in [0.2, 0.25) is 0 Å². The van der Waals surface area contributed by atoms with E-state index >= 15 is 0 Å². The number of halogens is 1. The quantitative estimate of drug-likeness (QED) is 0.647. The molecule has 1 amide bonds. The molecule has 0 aliphatic heterocycles. The Bertz CT molecular complexity index is 766. The highest BCUT2D eigenvalue weighted by Crippen LogP contribution is 2.29. The molecule has 0 aromatic heterocycles. The van der Waals surface area contributed by atoms with E-state index in [0.717, 1.165) is 6.07 Å². The van der Waals surface area contributed by atoms with Crippen LogP contribution in [0, 0.1) is 15.9 Å². The summed E-state index contributed by atoms with van der Waals surface area (Å²) in [6.45, 7) is 1.50. The Morgan fingerprint density at radius 3 is 2.67 bits per heavy atom. The summed E-state index contributed by atoms with van der Waals surface area (Å²) in [5, 5.41) is 13.3. The largest absolute Gasteiger partial charge is 0.494 e. The number of nitrogens with zero attached hydrogens (tertiary/aromatic N) is 1. The molecule has 1 atom stereocenters. The lowest BCUT2D eigenvalue weighted by atomic mass is 10.2. The van der Waals surface area contributed by atoms with Crippen molar-refractivity contribution in [1.82, 2.24) is 0 Å². The maximum atomic E-state index is 13.1. The van der Waals surface area contributed by atoms with Crippen molar-refractivity contribution < 1.29 is 23.6 Å². The molecule has 0 aliphatic rings. The topological polar surface area (TPSA) is 90.7 Å².